The fourth-order valence-electron chi connectivity index (χ4n) is 5.14. The minimum absolute atomic E-state index is 0.0142. The summed E-state index contributed by atoms with van der Waals surface area (Å²) in [5.41, 5.74) is 7.13. The highest BCUT2D eigenvalue weighted by atomic mass is 19.1. The van der Waals surface area contributed by atoms with Crippen molar-refractivity contribution < 1.29 is 9.13 Å². The van der Waals surface area contributed by atoms with Crippen molar-refractivity contribution in [1.82, 2.24) is 35.2 Å². The molecule has 1 saturated heterocycles. The number of aromatic nitrogens is 3. The summed E-state index contributed by atoms with van der Waals surface area (Å²) in [7, 11) is 3.93. The number of nitriles is 1. The lowest BCUT2D eigenvalue weighted by Crippen LogP contribution is -2.48. The van der Waals surface area contributed by atoms with Crippen LogP contribution >= 0.6 is 0 Å². The van der Waals surface area contributed by atoms with E-state index in [-0.39, 0.29) is 18.0 Å². The molecule has 3 aromatic rings. The predicted molar refractivity (Wildman–Crippen MR) is 140 cm³/mol. The molecule has 37 heavy (non-hydrogen) atoms. The molecule has 5 rings (SSSR count). The van der Waals surface area contributed by atoms with Crippen LogP contribution in [0.3, 0.4) is 0 Å². The first kappa shape index (κ1) is 25.1. The highest BCUT2D eigenvalue weighted by Crippen LogP contribution is 2.26. The van der Waals surface area contributed by atoms with Crippen LogP contribution in [0.4, 0.5) is 4.39 Å². The van der Waals surface area contributed by atoms with Crippen LogP contribution in [0.25, 0.3) is 16.6 Å². The van der Waals surface area contributed by atoms with Crippen molar-refractivity contribution in [2.45, 2.75) is 38.0 Å². The Morgan fingerprint density at radius 1 is 1.24 bits per heavy atom. The molecule has 2 N–H and O–H groups in total. The van der Waals surface area contributed by atoms with Crippen LogP contribution in [0, 0.1) is 17.1 Å². The highest BCUT2D eigenvalue weighted by molar-refractivity contribution is 5.88. The number of halogens is 1. The molecule has 10 heteroatoms. The van der Waals surface area contributed by atoms with E-state index in [9.17, 15) is 9.65 Å². The molecule has 1 aromatic carbocycles. The summed E-state index contributed by atoms with van der Waals surface area (Å²) in [5, 5.41) is 12.6. The number of nitrogens with one attached hydrogen (secondary N) is 2. The Morgan fingerprint density at radius 3 is 2.86 bits per heavy atom. The number of ether oxygens (including phenoxy) is 1. The Hall–Kier alpha value is -3.52. The van der Waals surface area contributed by atoms with E-state index in [1.54, 1.807) is 12.4 Å². The maximum Gasteiger partial charge on any atom is 0.141 e. The van der Waals surface area contributed by atoms with Gasteiger partial charge in [0.2, 0.25) is 0 Å². The van der Waals surface area contributed by atoms with Gasteiger partial charge in [-0.1, -0.05) is 0 Å². The minimum atomic E-state index is -0.268. The van der Waals surface area contributed by atoms with Gasteiger partial charge >= 0.3 is 0 Å². The standard InChI is InChI=1S/C27H33FN8O/c1-34(2)15-19-11-21(28)13-24(12-19)37-23-5-9-35(10-6-23)17-22(3-7-29)36-16-20(14-33-36)26-25-4-8-30-27(25)32-18-31-26/h4,8,11-13,16,18,22-23,33H,3,5-6,9-10,14-15,17H2,1-2H3,(H,30,31,32). The molecule has 0 aliphatic carbocycles. The van der Waals surface area contributed by atoms with Crippen molar-refractivity contribution in [3.8, 4) is 11.8 Å². The summed E-state index contributed by atoms with van der Waals surface area (Å²) in [5.74, 6) is 0.328. The Bertz CT molecular complexity index is 1290. The molecule has 0 saturated carbocycles. The van der Waals surface area contributed by atoms with Crippen LogP contribution in [0.1, 0.15) is 30.5 Å². The molecule has 4 heterocycles. The first-order chi connectivity index (χ1) is 18.0. The van der Waals surface area contributed by atoms with Gasteiger partial charge in [0.1, 0.15) is 29.6 Å². The van der Waals surface area contributed by atoms with E-state index in [0.29, 0.717) is 25.3 Å². The molecule has 0 amide bonds. The van der Waals surface area contributed by atoms with Crippen LogP contribution in [0.5, 0.6) is 5.75 Å². The molecule has 1 atom stereocenters. The van der Waals surface area contributed by atoms with E-state index in [1.165, 1.54) is 6.07 Å². The van der Waals surface area contributed by atoms with Crippen LogP contribution in [-0.4, -0.2) is 82.2 Å². The molecule has 2 aliphatic heterocycles. The van der Waals surface area contributed by atoms with Crippen molar-refractivity contribution in [2.24, 2.45) is 0 Å². The molecule has 0 radical (unpaired) electrons. The average Bonchev–Trinajstić information content (AvgIpc) is 3.54. The molecule has 2 aliphatic rings. The zero-order chi connectivity index (χ0) is 25.8. The average molecular weight is 505 g/mol. The van der Waals surface area contributed by atoms with Crippen molar-refractivity contribution in [2.75, 3.05) is 40.3 Å². The third-order valence-corrected chi connectivity index (χ3v) is 6.86. The predicted octanol–water partition coefficient (Wildman–Crippen LogP) is 3.15. The monoisotopic (exact) mass is 504 g/mol. The van der Waals surface area contributed by atoms with Gasteiger partial charge in [0.05, 0.1) is 24.2 Å². The van der Waals surface area contributed by atoms with Gasteiger partial charge < -0.3 is 24.5 Å². The summed E-state index contributed by atoms with van der Waals surface area (Å²) in [4.78, 5) is 16.3. The third-order valence-electron chi connectivity index (χ3n) is 6.86. The van der Waals surface area contributed by atoms with Crippen LogP contribution in [0.15, 0.2) is 43.0 Å². The Labute approximate surface area is 216 Å². The molecule has 0 bridgehead atoms. The third kappa shape index (κ3) is 6.07. The molecule has 1 unspecified atom stereocenters. The lowest BCUT2D eigenvalue weighted by molar-refractivity contribution is 0.0780. The quantitative estimate of drug-likeness (QED) is 0.459. The fourth-order valence-corrected chi connectivity index (χ4v) is 5.14. The van der Waals surface area contributed by atoms with E-state index in [4.69, 9.17) is 4.74 Å². The van der Waals surface area contributed by atoms with Crippen LogP contribution in [-0.2, 0) is 6.54 Å². The Kier molecular flexibility index (Phi) is 7.65. The number of aromatic amines is 1. The number of nitrogens with zero attached hydrogens (tertiary/aromatic N) is 6. The van der Waals surface area contributed by atoms with Crippen molar-refractivity contribution in [1.29, 1.82) is 5.26 Å². The zero-order valence-electron chi connectivity index (χ0n) is 21.3. The van der Waals surface area contributed by atoms with Crippen molar-refractivity contribution in [3.63, 3.8) is 0 Å². The van der Waals surface area contributed by atoms with Crippen molar-refractivity contribution >= 4 is 16.6 Å². The van der Waals surface area contributed by atoms with Gasteiger partial charge in [-0.05, 0) is 50.7 Å². The van der Waals surface area contributed by atoms with Gasteiger partial charge in [-0.15, -0.1) is 0 Å². The van der Waals surface area contributed by atoms with E-state index >= 15 is 0 Å². The maximum absolute atomic E-state index is 14.1. The van der Waals surface area contributed by atoms with Crippen molar-refractivity contribution in [3.05, 3.63) is 60.1 Å². The van der Waals surface area contributed by atoms with E-state index in [2.05, 4.69) is 42.6 Å². The second-order valence-corrected chi connectivity index (χ2v) is 10.0. The highest BCUT2D eigenvalue weighted by Gasteiger charge is 2.28. The first-order valence-electron chi connectivity index (χ1n) is 12.7. The fraction of sp³-hybridized carbons (Fsp3) is 0.444. The Balaban J connectivity index is 1.18. The summed E-state index contributed by atoms with van der Waals surface area (Å²) in [6.45, 7) is 3.83. The number of H-pyrrole nitrogens is 1. The number of rotatable bonds is 9. The smallest absolute Gasteiger partial charge is 0.141 e. The summed E-state index contributed by atoms with van der Waals surface area (Å²) >= 11 is 0. The molecule has 2 aromatic heterocycles. The first-order valence-corrected chi connectivity index (χ1v) is 12.7. The molecular weight excluding hydrogens is 471 g/mol. The van der Waals surface area contributed by atoms with Crippen LogP contribution in [0.2, 0.25) is 0 Å². The van der Waals surface area contributed by atoms with E-state index in [1.807, 2.05) is 37.3 Å². The van der Waals surface area contributed by atoms with E-state index in [0.717, 1.165) is 60.3 Å². The lowest BCUT2D eigenvalue weighted by Gasteiger charge is -2.36. The summed E-state index contributed by atoms with van der Waals surface area (Å²) in [6, 6.07) is 9.31. The molecule has 1 fully saturated rings. The minimum Gasteiger partial charge on any atom is -0.490 e. The number of fused-ring (bicyclic) bond motifs is 1. The van der Waals surface area contributed by atoms with Gasteiger partial charge in [-0.3, -0.25) is 0 Å². The number of likely N-dealkylation sites (tertiary alicyclic amines) is 1. The van der Waals surface area contributed by atoms with Gasteiger partial charge in [0.25, 0.3) is 0 Å². The molecule has 0 spiro atoms. The van der Waals surface area contributed by atoms with E-state index < -0.39 is 0 Å². The second kappa shape index (κ2) is 11.3. The Morgan fingerprint density at radius 2 is 2.08 bits per heavy atom. The molecule has 9 nitrogen and oxygen atoms in total. The molecule has 194 valence electrons. The molecular formula is C27H33FN8O. The zero-order valence-corrected chi connectivity index (χ0v) is 21.3. The van der Waals surface area contributed by atoms with Gasteiger partial charge in [0.15, 0.2) is 0 Å². The number of hydrogen-bond donors (Lipinski definition) is 2. The number of piperidine rings is 1. The van der Waals surface area contributed by atoms with Crippen LogP contribution < -0.4 is 10.2 Å². The normalized spacial score (nSPS) is 17.8. The van der Waals surface area contributed by atoms with Gasteiger partial charge in [0, 0.05) is 62.1 Å². The number of benzene rings is 1. The van der Waals surface area contributed by atoms with Gasteiger partial charge in [-0.2, -0.15) is 5.26 Å². The topological polar surface area (TPSA) is 96.3 Å². The maximum atomic E-state index is 14.1. The lowest BCUT2D eigenvalue weighted by atomic mass is 10.1. The summed E-state index contributed by atoms with van der Waals surface area (Å²) < 4.78 is 20.3. The van der Waals surface area contributed by atoms with Gasteiger partial charge in [-0.25, -0.2) is 19.8 Å². The largest absolute Gasteiger partial charge is 0.490 e. The summed E-state index contributed by atoms with van der Waals surface area (Å²) in [6.07, 6.45) is 7.70. The second-order valence-electron chi connectivity index (χ2n) is 10.0. The number of hydrogen-bond acceptors (Lipinski definition) is 8. The SMILES string of the molecule is CN(C)Cc1cc(F)cc(OC2CCN(CC(CC#N)N3C=C(c4ncnc5[nH]ccc45)CN3)CC2)c1. The number of hydrazine groups is 1.